The number of amides is 4. The highest BCUT2D eigenvalue weighted by molar-refractivity contribution is 6.39. The highest BCUT2D eigenvalue weighted by Crippen LogP contribution is 2.35. The summed E-state index contributed by atoms with van der Waals surface area (Å²) >= 11 is 0. The Bertz CT molecular complexity index is 1050. The van der Waals surface area contributed by atoms with Crippen LogP contribution in [0.15, 0.2) is 54.1 Å². The Labute approximate surface area is 193 Å². The van der Waals surface area contributed by atoms with E-state index in [1.54, 1.807) is 48.5 Å². The molecule has 1 heterocycles. The molecule has 1 fully saturated rings. The van der Waals surface area contributed by atoms with Gasteiger partial charge in [0.05, 0.1) is 32.1 Å². The minimum Gasteiger partial charge on any atom is -0.493 e. The van der Waals surface area contributed by atoms with Gasteiger partial charge in [0.2, 0.25) is 0 Å². The van der Waals surface area contributed by atoms with Crippen LogP contribution >= 0.6 is 0 Å². The number of hydrogen-bond donors (Lipinski definition) is 0. The zero-order chi connectivity index (χ0) is 24.0. The first kappa shape index (κ1) is 24.0. The number of hydrogen-bond acceptors (Lipinski definition) is 6. The van der Waals surface area contributed by atoms with Gasteiger partial charge in [0.25, 0.3) is 11.8 Å². The van der Waals surface area contributed by atoms with Crippen LogP contribution < -0.4 is 14.4 Å². The van der Waals surface area contributed by atoms with Crippen LogP contribution in [0.4, 0.5) is 10.5 Å². The minimum absolute atomic E-state index is 0.0104. The van der Waals surface area contributed by atoms with Gasteiger partial charge in [0.15, 0.2) is 11.5 Å². The Morgan fingerprint density at radius 1 is 0.970 bits per heavy atom. The maximum Gasteiger partial charge on any atom is 0.338 e. The van der Waals surface area contributed by atoms with Gasteiger partial charge in [-0.25, -0.2) is 9.69 Å². The van der Waals surface area contributed by atoms with E-state index in [-0.39, 0.29) is 24.8 Å². The van der Waals surface area contributed by atoms with E-state index in [2.05, 4.69) is 0 Å². The summed E-state index contributed by atoms with van der Waals surface area (Å²) < 4.78 is 16.5. The van der Waals surface area contributed by atoms with Gasteiger partial charge in [0.1, 0.15) is 5.57 Å². The van der Waals surface area contributed by atoms with Gasteiger partial charge in [-0.1, -0.05) is 37.3 Å². The number of nitrogens with zero attached hydrogens (tertiary/aromatic N) is 2. The maximum atomic E-state index is 13.4. The number of methoxy groups -OCH3 is 2. The van der Waals surface area contributed by atoms with Crippen molar-refractivity contribution in [3.8, 4) is 11.5 Å². The second-order valence-corrected chi connectivity index (χ2v) is 7.48. The molecule has 1 atom stereocenters. The number of benzene rings is 2. The largest absolute Gasteiger partial charge is 0.493 e. The van der Waals surface area contributed by atoms with Crippen molar-refractivity contribution in [2.24, 2.45) is 0 Å². The molecule has 0 saturated carbocycles. The predicted octanol–water partition coefficient (Wildman–Crippen LogP) is 3.90. The van der Waals surface area contributed by atoms with Crippen LogP contribution in [-0.4, -0.2) is 56.2 Å². The van der Waals surface area contributed by atoms with Crippen LogP contribution in [-0.2, 0) is 14.3 Å². The Hall–Kier alpha value is -3.65. The van der Waals surface area contributed by atoms with Gasteiger partial charge in [-0.3, -0.25) is 14.5 Å². The number of carbonyl (C=O) groups is 3. The van der Waals surface area contributed by atoms with Crippen molar-refractivity contribution in [2.45, 2.75) is 26.4 Å². The number of barbiturate groups is 1. The van der Waals surface area contributed by atoms with Crippen molar-refractivity contribution in [3.05, 3.63) is 59.7 Å². The third kappa shape index (κ3) is 5.06. The standard InChI is InChI=1S/C25H28N2O6/c1-5-17(2)33-22-18(10-9-13-21(22)32-4)16-20-23(28)26(14-15-31-3)25(30)27(24(20)29)19-11-7-6-8-12-19/h6-13,16-17H,5,14-15H2,1-4H3/b20-16-/t17-/m0/s1. The van der Waals surface area contributed by atoms with Crippen molar-refractivity contribution < 1.29 is 28.6 Å². The molecule has 0 aliphatic carbocycles. The first-order valence-electron chi connectivity index (χ1n) is 10.7. The van der Waals surface area contributed by atoms with Gasteiger partial charge in [-0.05, 0) is 37.6 Å². The zero-order valence-electron chi connectivity index (χ0n) is 19.2. The zero-order valence-corrected chi connectivity index (χ0v) is 19.2. The molecular weight excluding hydrogens is 424 g/mol. The number of imide groups is 2. The maximum absolute atomic E-state index is 13.4. The first-order valence-corrected chi connectivity index (χ1v) is 10.7. The van der Waals surface area contributed by atoms with Gasteiger partial charge in [-0.15, -0.1) is 0 Å². The number of anilines is 1. The molecule has 0 unspecified atom stereocenters. The third-order valence-electron chi connectivity index (χ3n) is 5.29. The molecule has 8 heteroatoms. The predicted molar refractivity (Wildman–Crippen MR) is 124 cm³/mol. The van der Waals surface area contributed by atoms with Crippen molar-refractivity contribution in [1.82, 2.24) is 4.90 Å². The molecule has 1 aliphatic heterocycles. The topological polar surface area (TPSA) is 85.4 Å². The second-order valence-electron chi connectivity index (χ2n) is 7.48. The summed E-state index contributed by atoms with van der Waals surface area (Å²) in [6.07, 6.45) is 2.09. The molecule has 0 spiro atoms. The van der Waals surface area contributed by atoms with E-state index in [0.29, 0.717) is 22.7 Å². The van der Waals surface area contributed by atoms with Crippen LogP contribution in [0.2, 0.25) is 0 Å². The average molecular weight is 453 g/mol. The summed E-state index contributed by atoms with van der Waals surface area (Å²) in [4.78, 5) is 41.7. The lowest BCUT2D eigenvalue weighted by atomic mass is 10.0. The van der Waals surface area contributed by atoms with E-state index in [1.165, 1.54) is 20.3 Å². The summed E-state index contributed by atoms with van der Waals surface area (Å²) in [5, 5.41) is 0. The third-order valence-corrected chi connectivity index (χ3v) is 5.29. The van der Waals surface area contributed by atoms with Crippen LogP contribution in [0.5, 0.6) is 11.5 Å². The molecule has 1 aliphatic rings. The fraction of sp³-hybridized carbons (Fsp3) is 0.320. The van der Waals surface area contributed by atoms with E-state index in [4.69, 9.17) is 14.2 Å². The molecule has 0 N–H and O–H groups in total. The normalized spacial score (nSPS) is 16.4. The van der Waals surface area contributed by atoms with E-state index in [1.807, 2.05) is 13.8 Å². The average Bonchev–Trinajstić information content (AvgIpc) is 2.83. The summed E-state index contributed by atoms with van der Waals surface area (Å²) in [6, 6.07) is 13.0. The fourth-order valence-corrected chi connectivity index (χ4v) is 3.33. The minimum atomic E-state index is -0.716. The van der Waals surface area contributed by atoms with Crippen molar-refractivity contribution >= 4 is 29.6 Å². The van der Waals surface area contributed by atoms with E-state index < -0.39 is 17.8 Å². The molecule has 0 radical (unpaired) electrons. The molecule has 4 amide bonds. The molecule has 0 bridgehead atoms. The number of ether oxygens (including phenoxy) is 3. The van der Waals surface area contributed by atoms with Gasteiger partial charge < -0.3 is 14.2 Å². The Morgan fingerprint density at radius 2 is 1.70 bits per heavy atom. The van der Waals surface area contributed by atoms with E-state index in [0.717, 1.165) is 16.2 Å². The van der Waals surface area contributed by atoms with Gasteiger partial charge in [0, 0.05) is 12.7 Å². The lowest BCUT2D eigenvalue weighted by molar-refractivity contribution is -0.129. The lowest BCUT2D eigenvalue weighted by Gasteiger charge is -2.33. The summed E-state index contributed by atoms with van der Waals surface area (Å²) in [5.74, 6) is -0.490. The molecule has 2 aromatic carbocycles. The summed E-state index contributed by atoms with van der Waals surface area (Å²) in [7, 11) is 3.00. The number of urea groups is 1. The van der Waals surface area contributed by atoms with Crippen LogP contribution in [0.25, 0.3) is 6.08 Å². The molecule has 33 heavy (non-hydrogen) atoms. The molecule has 174 valence electrons. The number of para-hydroxylation sites is 2. The molecular formula is C25H28N2O6. The van der Waals surface area contributed by atoms with Crippen molar-refractivity contribution in [1.29, 1.82) is 0 Å². The molecule has 1 saturated heterocycles. The first-order chi connectivity index (χ1) is 15.9. The SMILES string of the molecule is CC[C@H](C)Oc1c(/C=C2/C(=O)N(CCOC)C(=O)N(c3ccccc3)C2=O)cccc1OC. The lowest BCUT2D eigenvalue weighted by Crippen LogP contribution is -2.57. The quantitative estimate of drug-likeness (QED) is 0.424. The number of carbonyl (C=O) groups excluding carboxylic acids is 3. The van der Waals surface area contributed by atoms with Crippen molar-refractivity contribution in [3.63, 3.8) is 0 Å². The molecule has 0 aromatic heterocycles. The second kappa shape index (κ2) is 10.8. The van der Waals surface area contributed by atoms with Crippen LogP contribution in [0.3, 0.4) is 0 Å². The van der Waals surface area contributed by atoms with Crippen LogP contribution in [0, 0.1) is 0 Å². The monoisotopic (exact) mass is 452 g/mol. The fourth-order valence-electron chi connectivity index (χ4n) is 3.33. The van der Waals surface area contributed by atoms with Crippen molar-refractivity contribution in [2.75, 3.05) is 32.3 Å². The molecule has 2 aromatic rings. The molecule has 3 rings (SSSR count). The Balaban J connectivity index is 2.13. The van der Waals surface area contributed by atoms with E-state index in [9.17, 15) is 14.4 Å². The highest BCUT2D eigenvalue weighted by atomic mass is 16.5. The van der Waals surface area contributed by atoms with Gasteiger partial charge in [-0.2, -0.15) is 0 Å². The summed E-state index contributed by atoms with van der Waals surface area (Å²) in [5.41, 5.74) is 0.715. The molecule has 8 nitrogen and oxygen atoms in total. The Morgan fingerprint density at radius 3 is 2.33 bits per heavy atom. The highest BCUT2D eigenvalue weighted by Gasteiger charge is 2.42. The van der Waals surface area contributed by atoms with Crippen LogP contribution in [0.1, 0.15) is 25.8 Å². The van der Waals surface area contributed by atoms with Gasteiger partial charge >= 0.3 is 6.03 Å². The van der Waals surface area contributed by atoms with E-state index >= 15 is 0 Å². The summed E-state index contributed by atoms with van der Waals surface area (Å²) in [6.45, 7) is 4.06. The smallest absolute Gasteiger partial charge is 0.338 e. The number of rotatable bonds is 9. The Kier molecular flexibility index (Phi) is 7.84.